The van der Waals surface area contributed by atoms with E-state index in [-0.39, 0.29) is 23.3 Å². The number of ether oxygens (including phenoxy) is 2. The van der Waals surface area contributed by atoms with E-state index in [1.165, 1.54) is 26.4 Å². The molecule has 0 bridgehead atoms. The molecule has 3 N–H and O–H groups in total. The van der Waals surface area contributed by atoms with Gasteiger partial charge in [-0.2, -0.15) is 0 Å². The second-order valence-corrected chi connectivity index (χ2v) is 6.56. The summed E-state index contributed by atoms with van der Waals surface area (Å²) in [6.45, 7) is 0.297. The molecule has 1 unspecified atom stereocenters. The van der Waals surface area contributed by atoms with Crippen LogP contribution in [0.3, 0.4) is 0 Å². The van der Waals surface area contributed by atoms with Gasteiger partial charge in [0.05, 0.1) is 19.1 Å². The third-order valence-corrected chi connectivity index (χ3v) is 4.86. The fourth-order valence-electron chi connectivity index (χ4n) is 2.04. The zero-order chi connectivity index (χ0) is 14.8. The maximum atomic E-state index is 12.4. The fourth-order valence-corrected chi connectivity index (χ4v) is 3.41. The van der Waals surface area contributed by atoms with Gasteiger partial charge >= 0.3 is 0 Å². The first-order valence-corrected chi connectivity index (χ1v) is 7.94. The highest BCUT2D eigenvalue weighted by molar-refractivity contribution is 7.89. The third kappa shape index (κ3) is 4.47. The standard InChI is InChI=1S/C13H20N2O4S.ClH/c1-18-10-5-11(19-2)7-12(6-10)20(16,17)15-13(8-14)9-3-4-9;/h5-7,9,13,15H,3-4,8,14H2,1-2H3;1H. The zero-order valence-electron chi connectivity index (χ0n) is 12.0. The molecule has 21 heavy (non-hydrogen) atoms. The van der Waals surface area contributed by atoms with E-state index in [0.717, 1.165) is 12.8 Å². The summed E-state index contributed by atoms with van der Waals surface area (Å²) in [7, 11) is -0.676. The van der Waals surface area contributed by atoms with Crippen LogP contribution in [0.1, 0.15) is 12.8 Å². The molecule has 1 aromatic rings. The molecule has 6 nitrogen and oxygen atoms in total. The summed E-state index contributed by atoms with van der Waals surface area (Å²) in [4.78, 5) is 0.118. The monoisotopic (exact) mass is 336 g/mol. The Balaban J connectivity index is 0.00000220. The summed E-state index contributed by atoms with van der Waals surface area (Å²) in [5.74, 6) is 1.21. The topological polar surface area (TPSA) is 90.6 Å². The molecule has 1 atom stereocenters. The molecular weight excluding hydrogens is 316 g/mol. The van der Waals surface area contributed by atoms with Crippen LogP contribution in [0.25, 0.3) is 0 Å². The van der Waals surface area contributed by atoms with Crippen molar-refractivity contribution in [2.45, 2.75) is 23.8 Å². The summed E-state index contributed by atoms with van der Waals surface area (Å²) in [5.41, 5.74) is 5.63. The lowest BCUT2D eigenvalue weighted by Crippen LogP contribution is -2.41. The number of benzene rings is 1. The van der Waals surface area contributed by atoms with Crippen LogP contribution in [-0.4, -0.2) is 35.2 Å². The molecule has 0 heterocycles. The second kappa shape index (κ2) is 7.31. The Morgan fingerprint density at radius 3 is 2.14 bits per heavy atom. The number of hydrogen-bond donors (Lipinski definition) is 2. The Kier molecular flexibility index (Phi) is 6.27. The molecule has 0 aliphatic heterocycles. The first-order valence-electron chi connectivity index (χ1n) is 6.45. The predicted octanol–water partition coefficient (Wildman–Crippen LogP) is 1.14. The minimum absolute atomic E-state index is 0. The van der Waals surface area contributed by atoms with Crippen molar-refractivity contribution in [3.05, 3.63) is 18.2 Å². The van der Waals surface area contributed by atoms with Crippen molar-refractivity contribution in [3.63, 3.8) is 0 Å². The van der Waals surface area contributed by atoms with Gasteiger partial charge in [-0.3, -0.25) is 0 Å². The maximum Gasteiger partial charge on any atom is 0.241 e. The van der Waals surface area contributed by atoms with Crippen molar-refractivity contribution in [1.29, 1.82) is 0 Å². The summed E-state index contributed by atoms with van der Waals surface area (Å²) in [6.07, 6.45) is 2.04. The lowest BCUT2D eigenvalue weighted by Gasteiger charge is -2.17. The molecule has 8 heteroatoms. The number of rotatable bonds is 7. The van der Waals surface area contributed by atoms with Gasteiger partial charge in [-0.1, -0.05) is 0 Å². The van der Waals surface area contributed by atoms with Crippen LogP contribution >= 0.6 is 12.4 Å². The van der Waals surface area contributed by atoms with E-state index in [9.17, 15) is 8.42 Å². The summed E-state index contributed by atoms with van der Waals surface area (Å²) < 4.78 is 37.6. The average molecular weight is 337 g/mol. The second-order valence-electron chi connectivity index (χ2n) is 4.85. The predicted molar refractivity (Wildman–Crippen MR) is 82.7 cm³/mol. The van der Waals surface area contributed by atoms with Crippen molar-refractivity contribution in [2.75, 3.05) is 20.8 Å². The largest absolute Gasteiger partial charge is 0.497 e. The molecule has 1 aromatic carbocycles. The molecule has 1 aliphatic rings. The Labute approximate surface area is 131 Å². The minimum Gasteiger partial charge on any atom is -0.497 e. The minimum atomic E-state index is -3.63. The molecule has 1 saturated carbocycles. The van der Waals surface area contributed by atoms with Gasteiger partial charge in [0.15, 0.2) is 0 Å². The third-order valence-electron chi connectivity index (χ3n) is 3.39. The first-order chi connectivity index (χ1) is 9.50. The van der Waals surface area contributed by atoms with Crippen LogP contribution in [0, 0.1) is 5.92 Å². The van der Waals surface area contributed by atoms with E-state index in [1.807, 2.05) is 0 Å². The van der Waals surface area contributed by atoms with Crippen molar-refractivity contribution in [1.82, 2.24) is 4.72 Å². The Hall–Kier alpha value is -1.02. The van der Waals surface area contributed by atoms with E-state index >= 15 is 0 Å². The Bertz CT molecular complexity index is 553. The highest BCUT2D eigenvalue weighted by Gasteiger charge is 2.33. The van der Waals surface area contributed by atoms with E-state index in [2.05, 4.69) is 4.72 Å². The van der Waals surface area contributed by atoms with Crippen LogP contribution in [0.5, 0.6) is 11.5 Å². The van der Waals surface area contributed by atoms with Crippen LogP contribution in [0.2, 0.25) is 0 Å². The molecule has 0 radical (unpaired) electrons. The normalized spacial score (nSPS) is 16.0. The molecule has 120 valence electrons. The quantitative estimate of drug-likeness (QED) is 0.779. The summed E-state index contributed by atoms with van der Waals surface area (Å²) >= 11 is 0. The number of nitrogens with one attached hydrogen (secondary N) is 1. The highest BCUT2D eigenvalue weighted by atomic mass is 35.5. The molecule has 2 rings (SSSR count). The zero-order valence-corrected chi connectivity index (χ0v) is 13.7. The molecule has 0 spiro atoms. The van der Waals surface area contributed by atoms with Gasteiger partial charge in [0.2, 0.25) is 10.0 Å². The van der Waals surface area contributed by atoms with Crippen molar-refractivity contribution in [2.24, 2.45) is 11.7 Å². The lowest BCUT2D eigenvalue weighted by atomic mass is 10.2. The number of nitrogens with two attached hydrogens (primary N) is 1. The van der Waals surface area contributed by atoms with Crippen LogP contribution in [0.4, 0.5) is 0 Å². The average Bonchev–Trinajstić information content (AvgIpc) is 3.28. The SMILES string of the molecule is COc1cc(OC)cc(S(=O)(=O)NC(CN)C2CC2)c1.Cl. The first kappa shape index (κ1) is 18.0. The van der Waals surface area contributed by atoms with Crippen molar-refractivity contribution < 1.29 is 17.9 Å². The molecule has 1 fully saturated rings. The van der Waals surface area contributed by atoms with Gasteiger partial charge in [-0.25, -0.2) is 13.1 Å². The number of hydrogen-bond acceptors (Lipinski definition) is 5. The van der Waals surface area contributed by atoms with Gasteiger partial charge < -0.3 is 15.2 Å². The lowest BCUT2D eigenvalue weighted by molar-refractivity contribution is 0.391. The van der Waals surface area contributed by atoms with Crippen LogP contribution < -0.4 is 19.9 Å². The van der Waals surface area contributed by atoms with Crippen molar-refractivity contribution >= 4 is 22.4 Å². The van der Waals surface area contributed by atoms with Gasteiger partial charge in [-0.15, -0.1) is 12.4 Å². The molecular formula is C13H21ClN2O4S. The number of halogens is 1. The van der Waals surface area contributed by atoms with Gasteiger partial charge in [-0.05, 0) is 18.8 Å². The van der Waals surface area contributed by atoms with Gasteiger partial charge in [0.25, 0.3) is 0 Å². The van der Waals surface area contributed by atoms with E-state index in [1.54, 1.807) is 6.07 Å². The number of sulfonamides is 1. The Morgan fingerprint density at radius 2 is 1.76 bits per heavy atom. The Morgan fingerprint density at radius 1 is 1.24 bits per heavy atom. The molecule has 0 amide bonds. The van der Waals surface area contributed by atoms with E-state index in [4.69, 9.17) is 15.2 Å². The van der Waals surface area contributed by atoms with E-state index < -0.39 is 10.0 Å². The molecule has 0 saturated heterocycles. The maximum absolute atomic E-state index is 12.4. The van der Waals surface area contributed by atoms with Crippen LogP contribution in [-0.2, 0) is 10.0 Å². The molecule has 0 aromatic heterocycles. The van der Waals surface area contributed by atoms with E-state index in [0.29, 0.717) is 24.0 Å². The van der Waals surface area contributed by atoms with Crippen LogP contribution in [0.15, 0.2) is 23.1 Å². The van der Waals surface area contributed by atoms with Crippen molar-refractivity contribution in [3.8, 4) is 11.5 Å². The highest BCUT2D eigenvalue weighted by Crippen LogP contribution is 2.33. The fraction of sp³-hybridized carbons (Fsp3) is 0.538. The summed E-state index contributed by atoms with van der Waals surface area (Å²) in [5, 5.41) is 0. The van der Waals surface area contributed by atoms with Gasteiger partial charge in [0.1, 0.15) is 11.5 Å². The smallest absolute Gasteiger partial charge is 0.241 e. The summed E-state index contributed by atoms with van der Waals surface area (Å²) in [6, 6.07) is 4.34. The molecule has 1 aliphatic carbocycles. The van der Waals surface area contributed by atoms with Gasteiger partial charge in [0, 0.05) is 30.8 Å². The number of methoxy groups -OCH3 is 2.